The number of para-hydroxylation sites is 1. The van der Waals surface area contributed by atoms with Crippen molar-refractivity contribution in [3.05, 3.63) is 64.6 Å². The number of thiocarbonyl (C=S) groups is 1. The second-order valence-electron chi connectivity index (χ2n) is 5.76. The minimum atomic E-state index is -0.396. The highest BCUT2D eigenvalue weighted by Gasteiger charge is 2.33. The molecule has 0 bridgehead atoms. The van der Waals surface area contributed by atoms with E-state index in [0.29, 0.717) is 39.4 Å². The van der Waals surface area contributed by atoms with Crippen LogP contribution in [0.3, 0.4) is 0 Å². The number of hydrogen-bond donors (Lipinski definition) is 0. The number of anilines is 1. The SMILES string of the molecule is CCOC(=O)c1ccc(N2C(=O)/C(=C/c3ccccc3OCC)SC2=S)cc1. The Labute approximate surface area is 173 Å². The molecule has 0 aromatic heterocycles. The Balaban J connectivity index is 1.85. The quantitative estimate of drug-likeness (QED) is 0.390. The van der Waals surface area contributed by atoms with Gasteiger partial charge in [0.2, 0.25) is 0 Å². The summed E-state index contributed by atoms with van der Waals surface area (Å²) < 4.78 is 11.0. The smallest absolute Gasteiger partial charge is 0.338 e. The molecule has 1 amide bonds. The number of rotatable bonds is 6. The van der Waals surface area contributed by atoms with Crippen LogP contribution >= 0.6 is 24.0 Å². The third-order valence-electron chi connectivity index (χ3n) is 3.94. The highest BCUT2D eigenvalue weighted by molar-refractivity contribution is 8.27. The van der Waals surface area contributed by atoms with Gasteiger partial charge >= 0.3 is 5.97 Å². The molecule has 0 radical (unpaired) electrons. The Morgan fingerprint density at radius 3 is 2.50 bits per heavy atom. The molecule has 0 spiro atoms. The summed E-state index contributed by atoms with van der Waals surface area (Å²) in [7, 11) is 0. The highest BCUT2D eigenvalue weighted by Crippen LogP contribution is 2.37. The van der Waals surface area contributed by atoms with E-state index in [4.69, 9.17) is 21.7 Å². The molecule has 1 saturated heterocycles. The fraction of sp³-hybridized carbons (Fsp3) is 0.190. The number of benzene rings is 2. The summed E-state index contributed by atoms with van der Waals surface area (Å²) in [6, 6.07) is 14.2. The highest BCUT2D eigenvalue weighted by atomic mass is 32.2. The first kappa shape index (κ1) is 20.1. The summed E-state index contributed by atoms with van der Waals surface area (Å²) >= 11 is 6.65. The van der Waals surface area contributed by atoms with Crippen molar-refractivity contribution < 1.29 is 19.1 Å². The van der Waals surface area contributed by atoms with Crippen molar-refractivity contribution in [2.24, 2.45) is 0 Å². The van der Waals surface area contributed by atoms with E-state index in [1.807, 2.05) is 31.2 Å². The standard InChI is InChI=1S/C21H19NO4S2/c1-3-25-17-8-6-5-7-15(17)13-18-19(23)22(21(27)28-18)16-11-9-14(10-12-16)20(24)26-4-2/h5-13H,3-4H2,1-2H3/b18-13-. The lowest BCUT2D eigenvalue weighted by Gasteiger charge is -2.14. The number of ether oxygens (including phenoxy) is 2. The normalized spacial score (nSPS) is 15.2. The van der Waals surface area contributed by atoms with E-state index in [-0.39, 0.29) is 5.91 Å². The van der Waals surface area contributed by atoms with Crippen LogP contribution in [0, 0.1) is 0 Å². The first-order chi connectivity index (χ1) is 13.5. The number of esters is 1. The Morgan fingerprint density at radius 2 is 1.82 bits per heavy atom. The van der Waals surface area contributed by atoms with Crippen molar-refractivity contribution in [1.82, 2.24) is 0 Å². The van der Waals surface area contributed by atoms with E-state index in [9.17, 15) is 9.59 Å². The summed E-state index contributed by atoms with van der Waals surface area (Å²) in [5.41, 5.74) is 1.86. The summed E-state index contributed by atoms with van der Waals surface area (Å²) in [5.74, 6) is 0.117. The second kappa shape index (κ2) is 9.03. The van der Waals surface area contributed by atoms with Gasteiger partial charge < -0.3 is 9.47 Å². The zero-order chi connectivity index (χ0) is 20.1. The van der Waals surface area contributed by atoms with Gasteiger partial charge in [0.25, 0.3) is 5.91 Å². The Morgan fingerprint density at radius 1 is 1.11 bits per heavy atom. The fourth-order valence-corrected chi connectivity index (χ4v) is 3.97. The number of carbonyl (C=O) groups is 2. The largest absolute Gasteiger partial charge is 0.493 e. The third kappa shape index (κ3) is 4.26. The van der Waals surface area contributed by atoms with Crippen LogP contribution < -0.4 is 9.64 Å². The van der Waals surface area contributed by atoms with Gasteiger partial charge in [-0.3, -0.25) is 9.69 Å². The number of nitrogens with zero attached hydrogens (tertiary/aromatic N) is 1. The summed E-state index contributed by atoms with van der Waals surface area (Å²) in [6.45, 7) is 4.51. The molecule has 0 atom stereocenters. The van der Waals surface area contributed by atoms with E-state index in [1.54, 1.807) is 37.3 Å². The predicted octanol–water partition coefficient (Wildman–Crippen LogP) is 4.67. The number of carbonyl (C=O) groups excluding carboxylic acids is 2. The van der Waals surface area contributed by atoms with E-state index in [2.05, 4.69) is 0 Å². The number of hydrogen-bond acceptors (Lipinski definition) is 6. The Hall–Kier alpha value is -2.64. The van der Waals surface area contributed by atoms with Gasteiger partial charge in [-0.2, -0.15) is 0 Å². The molecule has 5 nitrogen and oxygen atoms in total. The van der Waals surface area contributed by atoms with Gasteiger partial charge in [-0.1, -0.05) is 42.2 Å². The van der Waals surface area contributed by atoms with Crippen molar-refractivity contribution in [2.75, 3.05) is 18.1 Å². The predicted molar refractivity (Wildman–Crippen MR) is 116 cm³/mol. The molecule has 0 N–H and O–H groups in total. The molecule has 1 heterocycles. The minimum absolute atomic E-state index is 0.204. The summed E-state index contributed by atoms with van der Waals surface area (Å²) in [5, 5.41) is 0. The molecule has 144 valence electrons. The monoisotopic (exact) mass is 413 g/mol. The molecule has 3 rings (SSSR count). The van der Waals surface area contributed by atoms with Crippen LogP contribution in [-0.2, 0) is 9.53 Å². The van der Waals surface area contributed by atoms with Gasteiger partial charge in [0.05, 0.1) is 29.4 Å². The molecule has 1 aliphatic heterocycles. The van der Waals surface area contributed by atoms with Crippen molar-refractivity contribution in [2.45, 2.75) is 13.8 Å². The molecule has 0 saturated carbocycles. The molecule has 7 heteroatoms. The lowest BCUT2D eigenvalue weighted by Crippen LogP contribution is -2.27. The topological polar surface area (TPSA) is 55.8 Å². The Kier molecular flexibility index (Phi) is 6.49. The van der Waals surface area contributed by atoms with Gasteiger partial charge in [-0.05, 0) is 50.3 Å². The van der Waals surface area contributed by atoms with Crippen molar-refractivity contribution >= 4 is 51.9 Å². The summed E-state index contributed by atoms with van der Waals surface area (Å²) in [4.78, 5) is 26.7. The van der Waals surface area contributed by atoms with E-state index in [0.717, 1.165) is 5.56 Å². The minimum Gasteiger partial charge on any atom is -0.493 e. The molecule has 2 aromatic carbocycles. The van der Waals surface area contributed by atoms with Crippen LogP contribution in [0.4, 0.5) is 5.69 Å². The lowest BCUT2D eigenvalue weighted by atomic mass is 10.1. The zero-order valence-corrected chi connectivity index (χ0v) is 17.1. The van der Waals surface area contributed by atoms with Gasteiger partial charge in [0, 0.05) is 5.56 Å². The van der Waals surface area contributed by atoms with Crippen LogP contribution in [0.2, 0.25) is 0 Å². The maximum absolute atomic E-state index is 12.9. The first-order valence-corrected chi connectivity index (χ1v) is 10.0. The van der Waals surface area contributed by atoms with Crippen LogP contribution in [-0.4, -0.2) is 29.4 Å². The van der Waals surface area contributed by atoms with Gasteiger partial charge in [-0.15, -0.1) is 0 Å². The zero-order valence-electron chi connectivity index (χ0n) is 15.5. The molecular formula is C21H19NO4S2. The van der Waals surface area contributed by atoms with Gasteiger partial charge in [-0.25, -0.2) is 4.79 Å². The van der Waals surface area contributed by atoms with Gasteiger partial charge in [0.1, 0.15) is 5.75 Å². The van der Waals surface area contributed by atoms with Crippen LogP contribution in [0.5, 0.6) is 5.75 Å². The first-order valence-electron chi connectivity index (χ1n) is 8.82. The average molecular weight is 414 g/mol. The molecule has 1 fully saturated rings. The van der Waals surface area contributed by atoms with E-state index in [1.165, 1.54) is 16.7 Å². The number of thioether (sulfide) groups is 1. The molecule has 1 aliphatic rings. The third-order valence-corrected chi connectivity index (χ3v) is 5.24. The van der Waals surface area contributed by atoms with Crippen molar-refractivity contribution in [1.29, 1.82) is 0 Å². The molecule has 2 aromatic rings. The summed E-state index contributed by atoms with van der Waals surface area (Å²) in [6.07, 6.45) is 1.79. The van der Waals surface area contributed by atoms with Crippen LogP contribution in [0.25, 0.3) is 6.08 Å². The average Bonchev–Trinajstić information content (AvgIpc) is 2.97. The van der Waals surface area contributed by atoms with Crippen molar-refractivity contribution in [3.63, 3.8) is 0 Å². The number of amides is 1. The second-order valence-corrected chi connectivity index (χ2v) is 7.43. The van der Waals surface area contributed by atoms with Crippen molar-refractivity contribution in [3.8, 4) is 5.75 Å². The molecule has 28 heavy (non-hydrogen) atoms. The van der Waals surface area contributed by atoms with E-state index < -0.39 is 5.97 Å². The van der Waals surface area contributed by atoms with E-state index >= 15 is 0 Å². The molecular weight excluding hydrogens is 394 g/mol. The lowest BCUT2D eigenvalue weighted by molar-refractivity contribution is -0.113. The van der Waals surface area contributed by atoms with Crippen LogP contribution in [0.1, 0.15) is 29.8 Å². The fourth-order valence-electron chi connectivity index (χ4n) is 2.68. The molecule has 0 unspecified atom stereocenters. The maximum atomic E-state index is 12.9. The Bertz CT molecular complexity index is 938. The maximum Gasteiger partial charge on any atom is 0.338 e. The van der Waals surface area contributed by atoms with Gasteiger partial charge in [0.15, 0.2) is 4.32 Å². The molecule has 0 aliphatic carbocycles. The van der Waals surface area contributed by atoms with Crippen LogP contribution in [0.15, 0.2) is 53.4 Å².